The van der Waals surface area contributed by atoms with E-state index in [2.05, 4.69) is 25.1 Å². The number of carbonyl (C=O) groups excluding carboxylic acids is 1. The van der Waals surface area contributed by atoms with E-state index in [1.807, 2.05) is 12.1 Å². The smallest absolute Gasteiger partial charge is 0.244 e. The van der Waals surface area contributed by atoms with E-state index in [-0.39, 0.29) is 5.91 Å². The van der Waals surface area contributed by atoms with Crippen molar-refractivity contribution in [2.75, 3.05) is 6.54 Å². The van der Waals surface area contributed by atoms with Gasteiger partial charge in [0.2, 0.25) is 5.91 Å². The number of nitrogens with zero attached hydrogens (tertiary/aromatic N) is 4. The number of aromatic nitrogens is 4. The molecular formula is C18H23N5O. The molecule has 1 aliphatic rings. The molecule has 0 saturated carbocycles. The fraction of sp³-hybridized carbons (Fsp3) is 0.444. The Morgan fingerprint density at radius 2 is 2.25 bits per heavy atom. The quantitative estimate of drug-likeness (QED) is 0.652. The third-order valence-electron chi connectivity index (χ3n) is 4.17. The molecule has 2 aromatic rings. The van der Waals surface area contributed by atoms with Crippen molar-refractivity contribution in [3.05, 3.63) is 47.8 Å². The van der Waals surface area contributed by atoms with Gasteiger partial charge in [0.05, 0.1) is 0 Å². The zero-order chi connectivity index (χ0) is 16.6. The number of pyridine rings is 1. The monoisotopic (exact) mass is 325 g/mol. The lowest BCUT2D eigenvalue weighted by Gasteiger charge is -2.07. The predicted molar refractivity (Wildman–Crippen MR) is 92.2 cm³/mol. The highest BCUT2D eigenvalue weighted by molar-refractivity contribution is 5.91. The molecule has 1 N–H and O–H groups in total. The molecule has 6 nitrogen and oxygen atoms in total. The number of aryl methyl sites for hydroxylation is 2. The molecule has 2 aromatic heterocycles. The van der Waals surface area contributed by atoms with E-state index in [4.69, 9.17) is 0 Å². The fourth-order valence-corrected chi connectivity index (χ4v) is 2.89. The molecule has 1 amide bonds. The van der Waals surface area contributed by atoms with Crippen LogP contribution in [-0.2, 0) is 24.2 Å². The molecule has 0 fully saturated rings. The largest absolute Gasteiger partial charge is 0.353 e. The second kappa shape index (κ2) is 8.38. The SMILES string of the molecule is O=C(C=Cc1cccnc1)NCCCc1nnc2n1CCCCC2. The van der Waals surface area contributed by atoms with Crippen molar-refractivity contribution in [2.45, 2.75) is 45.1 Å². The van der Waals surface area contributed by atoms with Gasteiger partial charge >= 0.3 is 0 Å². The predicted octanol–water partition coefficient (Wildman–Crippen LogP) is 2.16. The first-order chi connectivity index (χ1) is 11.8. The van der Waals surface area contributed by atoms with Gasteiger partial charge in [-0.1, -0.05) is 12.5 Å². The lowest BCUT2D eigenvalue weighted by atomic mass is 10.2. The Morgan fingerprint density at radius 3 is 3.12 bits per heavy atom. The molecule has 0 aliphatic carbocycles. The Kier molecular flexibility index (Phi) is 5.71. The van der Waals surface area contributed by atoms with Gasteiger partial charge in [0.15, 0.2) is 0 Å². The van der Waals surface area contributed by atoms with Crippen molar-refractivity contribution in [1.82, 2.24) is 25.1 Å². The minimum Gasteiger partial charge on any atom is -0.353 e. The highest BCUT2D eigenvalue weighted by atomic mass is 16.1. The van der Waals surface area contributed by atoms with E-state index in [0.29, 0.717) is 6.54 Å². The van der Waals surface area contributed by atoms with Gasteiger partial charge in [0.1, 0.15) is 11.6 Å². The minimum absolute atomic E-state index is 0.0843. The van der Waals surface area contributed by atoms with Gasteiger partial charge in [-0.15, -0.1) is 10.2 Å². The molecule has 0 unspecified atom stereocenters. The van der Waals surface area contributed by atoms with Gasteiger partial charge in [-0.25, -0.2) is 0 Å². The summed E-state index contributed by atoms with van der Waals surface area (Å²) in [6, 6.07) is 3.76. The summed E-state index contributed by atoms with van der Waals surface area (Å²) in [7, 11) is 0. The summed E-state index contributed by atoms with van der Waals surface area (Å²) >= 11 is 0. The normalized spacial score (nSPS) is 14.3. The van der Waals surface area contributed by atoms with Gasteiger partial charge in [0, 0.05) is 44.4 Å². The van der Waals surface area contributed by atoms with Crippen LogP contribution in [0.3, 0.4) is 0 Å². The van der Waals surface area contributed by atoms with Crippen LogP contribution < -0.4 is 5.32 Å². The first-order valence-electron chi connectivity index (χ1n) is 8.60. The summed E-state index contributed by atoms with van der Waals surface area (Å²) in [6.07, 6.45) is 13.2. The molecule has 126 valence electrons. The van der Waals surface area contributed by atoms with Gasteiger partial charge in [-0.2, -0.15) is 0 Å². The van der Waals surface area contributed by atoms with E-state index in [1.54, 1.807) is 24.5 Å². The van der Waals surface area contributed by atoms with Crippen molar-refractivity contribution in [3.8, 4) is 0 Å². The number of fused-ring (bicyclic) bond motifs is 1. The summed E-state index contributed by atoms with van der Waals surface area (Å²) in [4.78, 5) is 15.8. The van der Waals surface area contributed by atoms with E-state index in [9.17, 15) is 4.79 Å². The fourth-order valence-electron chi connectivity index (χ4n) is 2.89. The Labute approximate surface area is 142 Å². The number of hydrogen-bond acceptors (Lipinski definition) is 4. The van der Waals surface area contributed by atoms with E-state index >= 15 is 0 Å². The molecule has 0 radical (unpaired) electrons. The maximum atomic E-state index is 11.8. The molecule has 0 atom stereocenters. The molecular weight excluding hydrogens is 302 g/mol. The first-order valence-corrected chi connectivity index (χ1v) is 8.60. The topological polar surface area (TPSA) is 72.7 Å². The molecule has 0 saturated heterocycles. The zero-order valence-corrected chi connectivity index (χ0v) is 13.8. The lowest BCUT2D eigenvalue weighted by molar-refractivity contribution is -0.116. The van der Waals surface area contributed by atoms with E-state index in [1.165, 1.54) is 19.3 Å². The number of hydrogen-bond donors (Lipinski definition) is 1. The molecule has 0 aromatic carbocycles. The molecule has 3 heterocycles. The van der Waals surface area contributed by atoms with Crippen LogP contribution >= 0.6 is 0 Å². The van der Waals surface area contributed by atoms with Crippen LogP contribution in [0.25, 0.3) is 6.08 Å². The standard InChI is InChI=1S/C18H23N5O/c24-18(10-9-15-6-4-11-19-14-15)20-12-5-8-17-22-21-16-7-2-1-3-13-23(16)17/h4,6,9-11,14H,1-3,5,7-8,12-13H2,(H,20,24). The highest BCUT2D eigenvalue weighted by Gasteiger charge is 2.13. The van der Waals surface area contributed by atoms with E-state index < -0.39 is 0 Å². The van der Waals surface area contributed by atoms with Gasteiger partial charge in [-0.3, -0.25) is 9.78 Å². The van der Waals surface area contributed by atoms with Crippen LogP contribution in [0.4, 0.5) is 0 Å². The van der Waals surface area contributed by atoms with Crippen molar-refractivity contribution < 1.29 is 4.79 Å². The lowest BCUT2D eigenvalue weighted by Crippen LogP contribution is -2.22. The van der Waals surface area contributed by atoms with Gasteiger partial charge < -0.3 is 9.88 Å². The second-order valence-corrected chi connectivity index (χ2v) is 6.01. The summed E-state index contributed by atoms with van der Waals surface area (Å²) in [5.74, 6) is 2.08. The third-order valence-corrected chi connectivity index (χ3v) is 4.17. The number of amides is 1. The van der Waals surface area contributed by atoms with Crippen LogP contribution in [-0.4, -0.2) is 32.2 Å². The average Bonchev–Trinajstić information content (AvgIpc) is 2.84. The number of nitrogens with one attached hydrogen (secondary N) is 1. The maximum Gasteiger partial charge on any atom is 0.244 e. The summed E-state index contributed by atoms with van der Waals surface area (Å²) in [5, 5.41) is 11.5. The Bertz CT molecular complexity index is 693. The molecule has 3 rings (SSSR count). The van der Waals surface area contributed by atoms with Crippen molar-refractivity contribution in [2.24, 2.45) is 0 Å². The maximum absolute atomic E-state index is 11.8. The Hall–Kier alpha value is -2.50. The summed E-state index contributed by atoms with van der Waals surface area (Å²) in [6.45, 7) is 1.66. The second-order valence-electron chi connectivity index (χ2n) is 6.01. The third kappa shape index (κ3) is 4.50. The molecule has 0 spiro atoms. The zero-order valence-electron chi connectivity index (χ0n) is 13.8. The van der Waals surface area contributed by atoms with Crippen molar-refractivity contribution in [3.63, 3.8) is 0 Å². The number of rotatable bonds is 6. The van der Waals surface area contributed by atoms with Gasteiger partial charge in [-0.05, 0) is 37.0 Å². The van der Waals surface area contributed by atoms with Crippen LogP contribution in [0.2, 0.25) is 0 Å². The van der Waals surface area contributed by atoms with Crippen LogP contribution in [0.1, 0.15) is 42.9 Å². The first kappa shape index (κ1) is 16.4. The Morgan fingerprint density at radius 1 is 1.29 bits per heavy atom. The van der Waals surface area contributed by atoms with Crippen LogP contribution in [0.15, 0.2) is 30.6 Å². The average molecular weight is 325 g/mol. The molecule has 6 heteroatoms. The van der Waals surface area contributed by atoms with Crippen molar-refractivity contribution in [1.29, 1.82) is 0 Å². The summed E-state index contributed by atoms with van der Waals surface area (Å²) in [5.41, 5.74) is 0.916. The Balaban J connectivity index is 1.42. The molecule has 0 bridgehead atoms. The van der Waals surface area contributed by atoms with Crippen LogP contribution in [0.5, 0.6) is 0 Å². The van der Waals surface area contributed by atoms with Crippen molar-refractivity contribution >= 4 is 12.0 Å². The van der Waals surface area contributed by atoms with Gasteiger partial charge in [0.25, 0.3) is 0 Å². The minimum atomic E-state index is -0.0843. The number of carbonyl (C=O) groups is 1. The molecule has 1 aliphatic heterocycles. The van der Waals surface area contributed by atoms with E-state index in [0.717, 1.165) is 43.0 Å². The molecule has 24 heavy (non-hydrogen) atoms. The van der Waals surface area contributed by atoms with Crippen LogP contribution in [0, 0.1) is 0 Å². The summed E-state index contributed by atoms with van der Waals surface area (Å²) < 4.78 is 2.26. The highest BCUT2D eigenvalue weighted by Crippen LogP contribution is 2.15.